The molecule has 0 aromatic heterocycles. The number of carboxylic acids is 1. The molecule has 0 radical (unpaired) electrons. The number of aliphatic carboxylic acids is 1. The minimum Gasteiger partial charge on any atom is -0.481 e. The highest BCUT2D eigenvalue weighted by molar-refractivity contribution is 6.03. The lowest BCUT2D eigenvalue weighted by molar-refractivity contribution is -0.143. The minimum absolute atomic E-state index is 0.0847. The van der Waals surface area contributed by atoms with E-state index in [4.69, 9.17) is 0 Å². The summed E-state index contributed by atoms with van der Waals surface area (Å²) in [6.45, 7) is 1.07. The Kier molecular flexibility index (Phi) is 6.20. The molecule has 0 spiro atoms. The van der Waals surface area contributed by atoms with Gasteiger partial charge >= 0.3 is 5.97 Å². The van der Waals surface area contributed by atoms with Gasteiger partial charge < -0.3 is 20.2 Å². The van der Waals surface area contributed by atoms with E-state index < -0.39 is 17.8 Å². The molecule has 32 heavy (non-hydrogen) atoms. The van der Waals surface area contributed by atoms with Gasteiger partial charge in [-0.25, -0.2) is 0 Å². The zero-order chi connectivity index (χ0) is 22.7. The fourth-order valence-electron chi connectivity index (χ4n) is 4.23. The van der Waals surface area contributed by atoms with Crippen molar-refractivity contribution in [2.75, 3.05) is 29.9 Å². The summed E-state index contributed by atoms with van der Waals surface area (Å²) in [5.74, 6) is -2.40. The van der Waals surface area contributed by atoms with Crippen LogP contribution in [0.25, 0.3) is 0 Å². The zero-order valence-corrected chi connectivity index (χ0v) is 17.6. The maximum Gasteiger partial charge on any atom is 0.308 e. The zero-order valence-electron chi connectivity index (χ0n) is 17.6. The molecule has 2 heterocycles. The van der Waals surface area contributed by atoms with Gasteiger partial charge in [0, 0.05) is 43.0 Å². The summed E-state index contributed by atoms with van der Waals surface area (Å²) >= 11 is 0. The van der Waals surface area contributed by atoms with Crippen molar-refractivity contribution in [1.29, 1.82) is 0 Å². The number of piperidine rings is 1. The molecule has 0 unspecified atom stereocenters. The van der Waals surface area contributed by atoms with Crippen LogP contribution >= 0.6 is 0 Å². The molecule has 2 atom stereocenters. The van der Waals surface area contributed by atoms with Crippen LogP contribution in [-0.4, -0.2) is 53.3 Å². The second-order valence-corrected chi connectivity index (χ2v) is 8.24. The Labute approximate surface area is 185 Å². The number of carbonyl (C=O) groups is 4. The molecule has 8 heteroatoms. The largest absolute Gasteiger partial charge is 0.481 e. The van der Waals surface area contributed by atoms with Crippen LogP contribution in [0.15, 0.2) is 54.6 Å². The predicted octanol–water partition coefficient (Wildman–Crippen LogP) is 2.62. The van der Waals surface area contributed by atoms with Crippen LogP contribution in [0.3, 0.4) is 0 Å². The van der Waals surface area contributed by atoms with Gasteiger partial charge in [0.15, 0.2) is 0 Å². The first kappa shape index (κ1) is 21.5. The van der Waals surface area contributed by atoms with E-state index in [1.807, 2.05) is 30.3 Å². The molecule has 2 aromatic carbocycles. The fourth-order valence-corrected chi connectivity index (χ4v) is 4.23. The number of anilines is 2. The highest BCUT2D eigenvalue weighted by Crippen LogP contribution is 2.26. The van der Waals surface area contributed by atoms with Crippen molar-refractivity contribution in [3.63, 3.8) is 0 Å². The van der Waals surface area contributed by atoms with Crippen LogP contribution in [0.2, 0.25) is 0 Å². The third-order valence-electron chi connectivity index (χ3n) is 6.02. The number of rotatable bonds is 5. The van der Waals surface area contributed by atoms with Crippen LogP contribution in [0, 0.1) is 11.8 Å². The first-order chi connectivity index (χ1) is 15.4. The Morgan fingerprint density at radius 1 is 0.938 bits per heavy atom. The van der Waals surface area contributed by atoms with Gasteiger partial charge in [-0.05, 0) is 49.2 Å². The van der Waals surface area contributed by atoms with Gasteiger partial charge in [0.25, 0.3) is 5.91 Å². The molecule has 8 nitrogen and oxygen atoms in total. The monoisotopic (exact) mass is 435 g/mol. The summed E-state index contributed by atoms with van der Waals surface area (Å²) in [5, 5.41) is 12.0. The molecule has 3 amide bonds. The Hall–Kier alpha value is -3.68. The van der Waals surface area contributed by atoms with Crippen LogP contribution in [0.5, 0.6) is 0 Å². The highest BCUT2D eigenvalue weighted by atomic mass is 16.4. The molecular formula is C24H25N3O5. The van der Waals surface area contributed by atoms with E-state index in [-0.39, 0.29) is 30.7 Å². The SMILES string of the molecule is O=C(O)[C@H]1CCCN(C(=O)c2ccc(NC(=O)[C@@H]3CC(=O)N(c4ccccc4)C3)cc2)C1. The smallest absolute Gasteiger partial charge is 0.308 e. The molecule has 4 rings (SSSR count). The van der Waals surface area contributed by atoms with E-state index in [0.717, 1.165) is 5.69 Å². The lowest BCUT2D eigenvalue weighted by Crippen LogP contribution is -2.42. The summed E-state index contributed by atoms with van der Waals surface area (Å²) in [6, 6.07) is 15.8. The van der Waals surface area contributed by atoms with E-state index in [9.17, 15) is 24.3 Å². The molecule has 2 N–H and O–H groups in total. The molecule has 2 aromatic rings. The lowest BCUT2D eigenvalue weighted by Gasteiger charge is -2.30. The number of amides is 3. The first-order valence-electron chi connectivity index (χ1n) is 10.7. The summed E-state index contributed by atoms with van der Waals surface area (Å²) in [7, 11) is 0. The number of likely N-dealkylation sites (tertiary alicyclic amines) is 1. The summed E-state index contributed by atoms with van der Waals surface area (Å²) in [6.07, 6.45) is 1.39. The number of nitrogens with one attached hydrogen (secondary N) is 1. The van der Waals surface area contributed by atoms with E-state index in [2.05, 4.69) is 5.32 Å². The van der Waals surface area contributed by atoms with Crippen molar-refractivity contribution in [2.45, 2.75) is 19.3 Å². The molecule has 0 saturated carbocycles. The second-order valence-electron chi connectivity index (χ2n) is 8.24. The molecule has 2 saturated heterocycles. The molecule has 2 aliphatic rings. The third-order valence-corrected chi connectivity index (χ3v) is 6.02. The topological polar surface area (TPSA) is 107 Å². The van der Waals surface area contributed by atoms with Crippen LogP contribution < -0.4 is 10.2 Å². The number of hydrogen-bond donors (Lipinski definition) is 2. The Morgan fingerprint density at radius 3 is 2.34 bits per heavy atom. The molecule has 2 fully saturated rings. The van der Waals surface area contributed by atoms with Gasteiger partial charge in [0.1, 0.15) is 0 Å². The molecule has 2 aliphatic heterocycles. The van der Waals surface area contributed by atoms with Crippen molar-refractivity contribution in [3.8, 4) is 0 Å². The summed E-state index contributed by atoms with van der Waals surface area (Å²) in [5.41, 5.74) is 1.76. The number of hydrogen-bond acceptors (Lipinski definition) is 4. The van der Waals surface area contributed by atoms with Gasteiger partial charge in [-0.3, -0.25) is 19.2 Å². The quantitative estimate of drug-likeness (QED) is 0.751. The van der Waals surface area contributed by atoms with Crippen molar-refractivity contribution < 1.29 is 24.3 Å². The van der Waals surface area contributed by atoms with Crippen LogP contribution in [0.1, 0.15) is 29.6 Å². The standard InChI is InChI=1S/C24H25N3O5/c28-21-13-18(15-27(21)20-6-2-1-3-7-20)22(29)25-19-10-8-16(9-11-19)23(30)26-12-4-5-17(14-26)24(31)32/h1-3,6-11,17-18H,4-5,12-15H2,(H,25,29)(H,31,32)/t17-,18+/m0/s1. The van der Waals surface area contributed by atoms with Gasteiger partial charge in [-0.1, -0.05) is 18.2 Å². The highest BCUT2D eigenvalue weighted by Gasteiger charge is 2.35. The number of nitrogens with zero attached hydrogens (tertiary/aromatic N) is 2. The van der Waals surface area contributed by atoms with Crippen molar-refractivity contribution in [3.05, 3.63) is 60.2 Å². The van der Waals surface area contributed by atoms with E-state index >= 15 is 0 Å². The Balaban J connectivity index is 1.35. The van der Waals surface area contributed by atoms with Gasteiger partial charge in [-0.15, -0.1) is 0 Å². The van der Waals surface area contributed by atoms with Crippen LogP contribution in [0.4, 0.5) is 11.4 Å². The normalized spacial score (nSPS) is 20.8. The third kappa shape index (κ3) is 4.64. The predicted molar refractivity (Wildman–Crippen MR) is 118 cm³/mol. The number of benzene rings is 2. The van der Waals surface area contributed by atoms with Crippen molar-refractivity contribution in [1.82, 2.24) is 4.90 Å². The molecule has 0 aliphatic carbocycles. The Bertz CT molecular complexity index is 1020. The summed E-state index contributed by atoms with van der Waals surface area (Å²) < 4.78 is 0. The summed E-state index contributed by atoms with van der Waals surface area (Å²) in [4.78, 5) is 52.2. The number of carboxylic acid groups (broad SMARTS) is 1. The Morgan fingerprint density at radius 2 is 1.66 bits per heavy atom. The molecular weight excluding hydrogens is 410 g/mol. The number of carbonyl (C=O) groups excluding carboxylic acids is 3. The van der Waals surface area contributed by atoms with Gasteiger partial charge in [-0.2, -0.15) is 0 Å². The van der Waals surface area contributed by atoms with Crippen LogP contribution in [-0.2, 0) is 14.4 Å². The number of para-hydroxylation sites is 1. The minimum atomic E-state index is -0.878. The van der Waals surface area contributed by atoms with Crippen molar-refractivity contribution in [2.24, 2.45) is 11.8 Å². The maximum absolute atomic E-state index is 12.7. The van der Waals surface area contributed by atoms with Gasteiger partial charge in [0.05, 0.1) is 11.8 Å². The van der Waals surface area contributed by atoms with Crippen molar-refractivity contribution >= 4 is 35.1 Å². The second kappa shape index (κ2) is 9.21. The average molecular weight is 435 g/mol. The van der Waals surface area contributed by atoms with E-state index in [0.29, 0.717) is 37.2 Å². The van der Waals surface area contributed by atoms with Gasteiger partial charge in [0.2, 0.25) is 11.8 Å². The van der Waals surface area contributed by atoms with E-state index in [1.165, 1.54) is 0 Å². The fraction of sp³-hybridized carbons (Fsp3) is 0.333. The maximum atomic E-state index is 12.7. The first-order valence-corrected chi connectivity index (χ1v) is 10.7. The average Bonchev–Trinajstić information content (AvgIpc) is 3.21. The molecule has 0 bridgehead atoms. The van der Waals surface area contributed by atoms with E-state index in [1.54, 1.807) is 34.1 Å². The molecule has 166 valence electrons. The lowest BCUT2D eigenvalue weighted by atomic mass is 9.97.